The molecule has 0 fully saturated rings. The van der Waals surface area contributed by atoms with Crippen molar-refractivity contribution in [3.05, 3.63) is 27.8 Å². The van der Waals surface area contributed by atoms with Gasteiger partial charge in [0.1, 0.15) is 0 Å². The molecular weight excluding hydrogens is 367 g/mol. The van der Waals surface area contributed by atoms with Gasteiger partial charge in [-0.05, 0) is 46.9 Å². The first kappa shape index (κ1) is 15.8. The predicted molar refractivity (Wildman–Crippen MR) is 79.1 cm³/mol. The van der Waals surface area contributed by atoms with Crippen LogP contribution in [0.25, 0.3) is 0 Å². The molecule has 0 atom stereocenters. The van der Waals surface area contributed by atoms with Gasteiger partial charge < -0.3 is 10.1 Å². The highest BCUT2D eigenvalue weighted by atomic mass is 127. The quantitative estimate of drug-likeness (QED) is 0.514. The van der Waals surface area contributed by atoms with E-state index in [9.17, 15) is 8.42 Å². The molecule has 1 aromatic carbocycles. The third kappa shape index (κ3) is 5.61. The molecule has 0 amide bonds. The Bertz CT molecular complexity index is 448. The molecule has 0 saturated carbocycles. The maximum Gasteiger partial charge on any atom is 0.240 e. The fraction of sp³-hybridized carbons (Fsp3) is 0.455. The molecule has 0 radical (unpaired) electrons. The van der Waals surface area contributed by atoms with Crippen LogP contribution in [-0.2, 0) is 14.8 Å². The van der Waals surface area contributed by atoms with Gasteiger partial charge in [0.2, 0.25) is 10.0 Å². The summed E-state index contributed by atoms with van der Waals surface area (Å²) in [5.74, 6) is 0. The highest BCUT2D eigenvalue weighted by Gasteiger charge is 2.12. The first-order chi connectivity index (χ1) is 8.56. The summed E-state index contributed by atoms with van der Waals surface area (Å²) >= 11 is 2.14. The van der Waals surface area contributed by atoms with Gasteiger partial charge in [0.05, 0.1) is 11.5 Å². The summed E-state index contributed by atoms with van der Waals surface area (Å²) in [6.45, 7) is 2.26. The lowest BCUT2D eigenvalue weighted by molar-refractivity contribution is 0.199. The van der Waals surface area contributed by atoms with E-state index in [2.05, 4.69) is 32.6 Å². The Labute approximate surface area is 121 Å². The molecule has 0 aliphatic rings. The van der Waals surface area contributed by atoms with Crippen molar-refractivity contribution in [3.63, 3.8) is 0 Å². The van der Waals surface area contributed by atoms with Crippen LogP contribution in [0.5, 0.6) is 0 Å². The number of rotatable bonds is 8. The number of halogens is 1. The molecule has 7 heteroatoms. The molecule has 0 unspecified atom stereocenters. The number of nitrogens with one attached hydrogen (secondary N) is 2. The number of hydrogen-bond acceptors (Lipinski definition) is 4. The van der Waals surface area contributed by atoms with Crippen LogP contribution in [0.15, 0.2) is 29.2 Å². The number of sulfonamides is 1. The lowest BCUT2D eigenvalue weighted by Gasteiger charge is -2.07. The number of methoxy groups -OCH3 is 1. The minimum Gasteiger partial charge on any atom is -0.383 e. The Morgan fingerprint density at radius 2 is 1.83 bits per heavy atom. The third-order valence-electron chi connectivity index (χ3n) is 2.20. The highest BCUT2D eigenvalue weighted by Crippen LogP contribution is 2.11. The summed E-state index contributed by atoms with van der Waals surface area (Å²) in [7, 11) is -1.77. The van der Waals surface area contributed by atoms with Crippen molar-refractivity contribution < 1.29 is 13.2 Å². The molecule has 18 heavy (non-hydrogen) atoms. The zero-order valence-corrected chi connectivity index (χ0v) is 13.1. The van der Waals surface area contributed by atoms with E-state index in [1.54, 1.807) is 31.4 Å². The zero-order valence-electron chi connectivity index (χ0n) is 10.1. The van der Waals surface area contributed by atoms with Crippen molar-refractivity contribution in [2.24, 2.45) is 0 Å². The summed E-state index contributed by atoms with van der Waals surface area (Å²) in [5.41, 5.74) is 0. The molecule has 2 N–H and O–H groups in total. The first-order valence-electron chi connectivity index (χ1n) is 5.51. The summed E-state index contributed by atoms with van der Waals surface area (Å²) in [6.07, 6.45) is 0. The van der Waals surface area contributed by atoms with Crippen LogP contribution in [0.4, 0.5) is 0 Å². The van der Waals surface area contributed by atoms with Gasteiger partial charge in [-0.1, -0.05) is 0 Å². The normalized spacial score (nSPS) is 11.7. The van der Waals surface area contributed by atoms with Crippen LogP contribution >= 0.6 is 22.6 Å². The fourth-order valence-corrected chi connectivity index (χ4v) is 2.66. The number of hydrogen-bond donors (Lipinski definition) is 2. The Morgan fingerprint density at radius 1 is 1.17 bits per heavy atom. The molecule has 0 heterocycles. The average molecular weight is 384 g/mol. The van der Waals surface area contributed by atoms with Gasteiger partial charge in [0, 0.05) is 30.3 Å². The second-order valence-corrected chi connectivity index (χ2v) is 6.61. The van der Waals surface area contributed by atoms with Crippen LogP contribution in [0.2, 0.25) is 0 Å². The van der Waals surface area contributed by atoms with Crippen molar-refractivity contribution in [2.75, 3.05) is 33.4 Å². The van der Waals surface area contributed by atoms with Crippen LogP contribution in [0, 0.1) is 3.57 Å². The molecule has 0 aromatic heterocycles. The van der Waals surface area contributed by atoms with E-state index >= 15 is 0 Å². The van der Waals surface area contributed by atoms with Gasteiger partial charge in [0.25, 0.3) is 0 Å². The maximum absolute atomic E-state index is 11.9. The second-order valence-electron chi connectivity index (χ2n) is 3.59. The van der Waals surface area contributed by atoms with Crippen molar-refractivity contribution in [1.29, 1.82) is 0 Å². The largest absolute Gasteiger partial charge is 0.383 e. The minimum absolute atomic E-state index is 0.291. The standard InChI is InChI=1S/C11H17IN2O3S/c1-17-9-8-13-6-7-14-18(15,16)11-4-2-10(12)3-5-11/h2-5,13-14H,6-9H2,1H3. The molecule has 1 aromatic rings. The van der Waals surface area contributed by atoms with E-state index in [-0.39, 0.29) is 0 Å². The van der Waals surface area contributed by atoms with Crippen LogP contribution in [0.3, 0.4) is 0 Å². The summed E-state index contributed by atoms with van der Waals surface area (Å²) in [4.78, 5) is 0.291. The van der Waals surface area contributed by atoms with Gasteiger partial charge in [-0.25, -0.2) is 13.1 Å². The monoisotopic (exact) mass is 384 g/mol. The molecule has 102 valence electrons. The Hall–Kier alpha value is -0.220. The van der Waals surface area contributed by atoms with Crippen molar-refractivity contribution in [1.82, 2.24) is 10.0 Å². The molecule has 0 bridgehead atoms. The van der Waals surface area contributed by atoms with Gasteiger partial charge in [-0.15, -0.1) is 0 Å². The predicted octanol–water partition coefficient (Wildman–Crippen LogP) is 0.805. The van der Waals surface area contributed by atoms with Crippen molar-refractivity contribution >= 4 is 32.6 Å². The molecule has 0 aliphatic carbocycles. The molecular formula is C11H17IN2O3S. The third-order valence-corrected chi connectivity index (χ3v) is 4.40. The van der Waals surface area contributed by atoms with E-state index in [4.69, 9.17) is 4.74 Å². The van der Waals surface area contributed by atoms with Crippen LogP contribution < -0.4 is 10.0 Å². The van der Waals surface area contributed by atoms with Crippen molar-refractivity contribution in [3.8, 4) is 0 Å². The second kappa shape index (κ2) is 8.05. The summed E-state index contributed by atoms with van der Waals surface area (Å²) in [5, 5.41) is 3.07. The fourth-order valence-electron chi connectivity index (χ4n) is 1.27. The molecule has 0 aliphatic heterocycles. The van der Waals surface area contributed by atoms with Crippen LogP contribution in [-0.4, -0.2) is 41.8 Å². The highest BCUT2D eigenvalue weighted by molar-refractivity contribution is 14.1. The minimum atomic E-state index is -3.39. The molecule has 0 spiro atoms. The van der Waals surface area contributed by atoms with E-state index in [0.717, 1.165) is 3.57 Å². The maximum atomic E-state index is 11.9. The van der Waals surface area contributed by atoms with E-state index in [0.29, 0.717) is 31.1 Å². The topological polar surface area (TPSA) is 67.4 Å². The summed E-state index contributed by atoms with van der Waals surface area (Å²) in [6, 6.07) is 6.74. The van der Waals surface area contributed by atoms with Crippen LogP contribution in [0.1, 0.15) is 0 Å². The first-order valence-corrected chi connectivity index (χ1v) is 8.07. The van der Waals surface area contributed by atoms with Gasteiger partial charge in [0.15, 0.2) is 0 Å². The van der Waals surface area contributed by atoms with E-state index < -0.39 is 10.0 Å². The molecule has 0 saturated heterocycles. The van der Waals surface area contributed by atoms with Gasteiger partial charge in [-0.2, -0.15) is 0 Å². The Morgan fingerprint density at radius 3 is 2.44 bits per heavy atom. The lowest BCUT2D eigenvalue weighted by atomic mass is 10.4. The van der Waals surface area contributed by atoms with E-state index in [1.165, 1.54) is 0 Å². The van der Waals surface area contributed by atoms with Gasteiger partial charge >= 0.3 is 0 Å². The Balaban J connectivity index is 2.38. The SMILES string of the molecule is COCCNCCNS(=O)(=O)c1ccc(I)cc1. The average Bonchev–Trinajstić information content (AvgIpc) is 2.34. The number of benzene rings is 1. The zero-order chi connectivity index (χ0) is 13.4. The lowest BCUT2D eigenvalue weighted by Crippen LogP contribution is -2.33. The summed E-state index contributed by atoms with van der Waals surface area (Å²) < 4.78 is 32.1. The molecule has 5 nitrogen and oxygen atoms in total. The molecule has 1 rings (SSSR count). The Kier molecular flexibility index (Phi) is 7.08. The number of ether oxygens (including phenoxy) is 1. The van der Waals surface area contributed by atoms with Crippen molar-refractivity contribution in [2.45, 2.75) is 4.90 Å². The van der Waals surface area contributed by atoms with E-state index in [1.807, 2.05) is 0 Å². The van der Waals surface area contributed by atoms with Gasteiger partial charge in [-0.3, -0.25) is 0 Å². The smallest absolute Gasteiger partial charge is 0.240 e.